The lowest BCUT2D eigenvalue weighted by Gasteiger charge is -2.38. The summed E-state index contributed by atoms with van der Waals surface area (Å²) < 4.78 is 0. The number of carbonyl (C=O) groups is 1. The lowest BCUT2D eigenvalue weighted by molar-refractivity contribution is -0.133. The van der Waals surface area contributed by atoms with Crippen molar-refractivity contribution in [1.82, 2.24) is 14.9 Å². The molecule has 128 valence electrons. The number of nitrogens with zero attached hydrogens (tertiary/aromatic N) is 2. The molecule has 4 heteroatoms. The van der Waals surface area contributed by atoms with Gasteiger partial charge in [0, 0.05) is 30.4 Å². The van der Waals surface area contributed by atoms with Crippen LogP contribution in [0.4, 0.5) is 0 Å². The van der Waals surface area contributed by atoms with Crippen LogP contribution in [0.5, 0.6) is 0 Å². The molecule has 4 rings (SSSR count). The highest BCUT2D eigenvalue weighted by Crippen LogP contribution is 2.32. The van der Waals surface area contributed by atoms with Gasteiger partial charge in [0.1, 0.15) is 5.65 Å². The normalized spacial score (nSPS) is 20.8. The van der Waals surface area contributed by atoms with E-state index in [1.165, 1.54) is 5.56 Å². The molecule has 1 aliphatic rings. The van der Waals surface area contributed by atoms with E-state index in [4.69, 9.17) is 0 Å². The Hall–Kier alpha value is -2.62. The highest BCUT2D eigenvalue weighted by Gasteiger charge is 2.29. The van der Waals surface area contributed by atoms with E-state index in [0.717, 1.165) is 36.0 Å². The first kappa shape index (κ1) is 15.9. The van der Waals surface area contributed by atoms with Crippen LogP contribution >= 0.6 is 0 Å². The van der Waals surface area contributed by atoms with Gasteiger partial charge in [-0.2, -0.15) is 0 Å². The Bertz CT molecular complexity index is 871. The number of hydrogen-bond donors (Lipinski definition) is 1. The molecule has 2 atom stereocenters. The zero-order valence-electron chi connectivity index (χ0n) is 14.5. The Morgan fingerprint density at radius 1 is 1.24 bits per heavy atom. The van der Waals surface area contributed by atoms with Gasteiger partial charge in [0.15, 0.2) is 0 Å². The third kappa shape index (κ3) is 3.16. The first-order valence-corrected chi connectivity index (χ1v) is 8.98. The number of rotatable bonds is 3. The zero-order valence-corrected chi connectivity index (χ0v) is 14.5. The molecule has 25 heavy (non-hydrogen) atoms. The zero-order chi connectivity index (χ0) is 17.2. The largest absolute Gasteiger partial charge is 0.346 e. The number of pyridine rings is 1. The molecule has 0 radical (unpaired) electrons. The maximum atomic E-state index is 12.9. The van der Waals surface area contributed by atoms with Crippen molar-refractivity contribution in [3.63, 3.8) is 0 Å². The Morgan fingerprint density at radius 3 is 2.88 bits per heavy atom. The summed E-state index contributed by atoms with van der Waals surface area (Å²) in [6.45, 7) is 3.00. The van der Waals surface area contributed by atoms with Crippen molar-refractivity contribution in [2.75, 3.05) is 6.54 Å². The molecule has 0 saturated carbocycles. The standard InChI is InChI=1S/C21H23N3O/c1-15-12-17(16-6-3-2-4-7-16)9-11-24(15)20(25)13-18-14-23-21-19(18)8-5-10-22-21/h2-8,10,14-15,17H,9,11-13H2,1H3,(H,22,23). The summed E-state index contributed by atoms with van der Waals surface area (Å²) in [4.78, 5) is 22.4. The number of benzene rings is 1. The second-order valence-electron chi connectivity index (χ2n) is 6.96. The minimum absolute atomic E-state index is 0.212. The van der Waals surface area contributed by atoms with Crippen LogP contribution in [0.1, 0.15) is 36.8 Å². The van der Waals surface area contributed by atoms with Crippen LogP contribution in [-0.2, 0) is 11.2 Å². The molecule has 4 nitrogen and oxygen atoms in total. The first-order valence-electron chi connectivity index (χ1n) is 8.98. The average molecular weight is 333 g/mol. The van der Waals surface area contributed by atoms with Crippen molar-refractivity contribution in [2.45, 2.75) is 38.1 Å². The molecule has 1 aliphatic heterocycles. The number of hydrogen-bond acceptors (Lipinski definition) is 2. The molecule has 0 spiro atoms. The predicted octanol–water partition coefficient (Wildman–Crippen LogP) is 3.90. The Labute approximate surface area is 147 Å². The summed E-state index contributed by atoms with van der Waals surface area (Å²) in [5.74, 6) is 0.765. The lowest BCUT2D eigenvalue weighted by atomic mass is 9.85. The lowest BCUT2D eigenvalue weighted by Crippen LogP contribution is -2.44. The molecule has 1 N–H and O–H groups in total. The number of aromatic amines is 1. The minimum atomic E-state index is 0.212. The summed E-state index contributed by atoms with van der Waals surface area (Å²) in [6, 6.07) is 14.9. The minimum Gasteiger partial charge on any atom is -0.346 e. The molecule has 0 aliphatic carbocycles. The van der Waals surface area contributed by atoms with Crippen molar-refractivity contribution >= 4 is 16.9 Å². The van der Waals surface area contributed by atoms with Crippen molar-refractivity contribution in [3.05, 3.63) is 66.0 Å². The van der Waals surface area contributed by atoms with Crippen LogP contribution < -0.4 is 0 Å². The average Bonchev–Trinajstić information content (AvgIpc) is 3.05. The van der Waals surface area contributed by atoms with Gasteiger partial charge >= 0.3 is 0 Å². The number of aromatic nitrogens is 2. The van der Waals surface area contributed by atoms with Crippen LogP contribution in [0.15, 0.2) is 54.9 Å². The number of likely N-dealkylation sites (tertiary alicyclic amines) is 1. The fraction of sp³-hybridized carbons (Fsp3) is 0.333. The molecule has 1 aromatic carbocycles. The van der Waals surface area contributed by atoms with Gasteiger partial charge in [0.2, 0.25) is 5.91 Å². The fourth-order valence-corrected chi connectivity index (χ4v) is 3.99. The van der Waals surface area contributed by atoms with E-state index in [2.05, 4.69) is 52.1 Å². The summed E-state index contributed by atoms with van der Waals surface area (Å²) in [5, 5.41) is 1.04. The quantitative estimate of drug-likeness (QED) is 0.790. The van der Waals surface area contributed by atoms with E-state index >= 15 is 0 Å². The number of amides is 1. The maximum absolute atomic E-state index is 12.9. The Balaban J connectivity index is 1.45. The van der Waals surface area contributed by atoms with Gasteiger partial charge in [0.25, 0.3) is 0 Å². The monoisotopic (exact) mass is 333 g/mol. The molecular weight excluding hydrogens is 310 g/mol. The topological polar surface area (TPSA) is 49.0 Å². The van der Waals surface area contributed by atoms with Crippen LogP contribution in [0.2, 0.25) is 0 Å². The Kier molecular flexibility index (Phi) is 4.26. The van der Waals surface area contributed by atoms with Gasteiger partial charge in [-0.05, 0) is 48.9 Å². The highest BCUT2D eigenvalue weighted by atomic mass is 16.2. The van der Waals surface area contributed by atoms with Crippen molar-refractivity contribution in [2.24, 2.45) is 0 Å². The van der Waals surface area contributed by atoms with Crippen LogP contribution in [0, 0.1) is 0 Å². The van der Waals surface area contributed by atoms with E-state index in [9.17, 15) is 4.79 Å². The first-order chi connectivity index (χ1) is 12.2. The van der Waals surface area contributed by atoms with E-state index in [-0.39, 0.29) is 11.9 Å². The van der Waals surface area contributed by atoms with Gasteiger partial charge in [-0.3, -0.25) is 4.79 Å². The van der Waals surface area contributed by atoms with Crippen molar-refractivity contribution < 1.29 is 4.79 Å². The number of carbonyl (C=O) groups excluding carboxylic acids is 1. The SMILES string of the molecule is CC1CC(c2ccccc2)CCN1C(=O)Cc1c[nH]c2ncccc12. The molecule has 1 amide bonds. The van der Waals surface area contributed by atoms with Gasteiger partial charge in [-0.1, -0.05) is 30.3 Å². The second-order valence-corrected chi connectivity index (χ2v) is 6.96. The third-order valence-electron chi connectivity index (χ3n) is 5.35. The second kappa shape index (κ2) is 6.71. The molecule has 1 saturated heterocycles. The highest BCUT2D eigenvalue weighted by molar-refractivity contribution is 5.87. The van der Waals surface area contributed by atoms with Gasteiger partial charge in [-0.25, -0.2) is 4.98 Å². The molecule has 3 aromatic rings. The van der Waals surface area contributed by atoms with Gasteiger partial charge < -0.3 is 9.88 Å². The smallest absolute Gasteiger partial charge is 0.227 e. The van der Waals surface area contributed by atoms with Crippen LogP contribution in [-0.4, -0.2) is 33.4 Å². The summed E-state index contributed by atoms with van der Waals surface area (Å²) in [7, 11) is 0. The summed E-state index contributed by atoms with van der Waals surface area (Å²) in [6.07, 6.45) is 6.19. The van der Waals surface area contributed by atoms with E-state index in [1.54, 1.807) is 6.20 Å². The molecular formula is C21H23N3O. The number of H-pyrrole nitrogens is 1. The maximum Gasteiger partial charge on any atom is 0.227 e. The van der Waals surface area contributed by atoms with Crippen molar-refractivity contribution in [1.29, 1.82) is 0 Å². The summed E-state index contributed by atoms with van der Waals surface area (Å²) >= 11 is 0. The van der Waals surface area contributed by atoms with E-state index in [1.807, 2.05) is 18.3 Å². The number of fused-ring (bicyclic) bond motifs is 1. The van der Waals surface area contributed by atoms with Crippen LogP contribution in [0.3, 0.4) is 0 Å². The molecule has 2 unspecified atom stereocenters. The van der Waals surface area contributed by atoms with Gasteiger partial charge in [-0.15, -0.1) is 0 Å². The van der Waals surface area contributed by atoms with Gasteiger partial charge in [0.05, 0.1) is 6.42 Å². The third-order valence-corrected chi connectivity index (χ3v) is 5.35. The summed E-state index contributed by atoms with van der Waals surface area (Å²) in [5.41, 5.74) is 3.27. The number of nitrogens with one attached hydrogen (secondary N) is 1. The van der Waals surface area contributed by atoms with Crippen LogP contribution in [0.25, 0.3) is 11.0 Å². The molecule has 2 aromatic heterocycles. The number of piperidine rings is 1. The molecule has 0 bridgehead atoms. The predicted molar refractivity (Wildman–Crippen MR) is 99.4 cm³/mol. The Morgan fingerprint density at radius 2 is 2.08 bits per heavy atom. The van der Waals surface area contributed by atoms with E-state index in [0.29, 0.717) is 12.3 Å². The van der Waals surface area contributed by atoms with Crippen molar-refractivity contribution in [3.8, 4) is 0 Å². The van der Waals surface area contributed by atoms with E-state index < -0.39 is 0 Å². The molecule has 3 heterocycles. The molecule has 1 fully saturated rings. The fourth-order valence-electron chi connectivity index (χ4n) is 3.99.